The van der Waals surface area contributed by atoms with Gasteiger partial charge in [0.15, 0.2) is 12.4 Å². The lowest BCUT2D eigenvalue weighted by molar-refractivity contribution is -0.150. The zero-order valence-corrected chi connectivity index (χ0v) is 15.4. The number of ketones is 1. The van der Waals surface area contributed by atoms with Crippen molar-refractivity contribution in [1.29, 1.82) is 0 Å². The van der Waals surface area contributed by atoms with E-state index in [9.17, 15) is 24.0 Å². The van der Waals surface area contributed by atoms with Crippen molar-refractivity contribution in [2.24, 2.45) is 0 Å². The highest BCUT2D eigenvalue weighted by Crippen LogP contribution is 2.34. The molecule has 2 fully saturated rings. The molecule has 1 saturated carbocycles. The molecule has 4 amide bonds. The van der Waals surface area contributed by atoms with Gasteiger partial charge in [-0.25, -0.2) is 4.79 Å². The quantitative estimate of drug-likeness (QED) is 0.430. The largest absolute Gasteiger partial charge is 0.454 e. The number of nitrogens with one attached hydrogen (secondary N) is 2. The van der Waals surface area contributed by atoms with Gasteiger partial charge in [0.05, 0.1) is 5.69 Å². The SMILES string of the molecule is CC(=O)c1ccccc1NC(=O)COC(=O)CN1C(=O)NC2(CCCC2)C1=O. The Balaban J connectivity index is 1.52. The number of para-hydroxylation sites is 1. The van der Waals surface area contributed by atoms with Crippen LogP contribution in [0.5, 0.6) is 0 Å². The van der Waals surface area contributed by atoms with Crippen molar-refractivity contribution in [1.82, 2.24) is 10.2 Å². The van der Waals surface area contributed by atoms with Crippen LogP contribution in [-0.4, -0.2) is 53.2 Å². The molecular formula is C19H21N3O6. The van der Waals surface area contributed by atoms with Crippen LogP contribution in [0.15, 0.2) is 24.3 Å². The molecule has 1 aromatic carbocycles. The third-order valence-corrected chi connectivity index (χ3v) is 4.93. The molecule has 2 aliphatic rings. The summed E-state index contributed by atoms with van der Waals surface area (Å²) in [5.74, 6) is -2.14. The second kappa shape index (κ2) is 7.79. The summed E-state index contributed by atoms with van der Waals surface area (Å²) in [6, 6.07) is 5.83. The van der Waals surface area contributed by atoms with E-state index in [1.54, 1.807) is 24.3 Å². The van der Waals surface area contributed by atoms with E-state index in [4.69, 9.17) is 4.74 Å². The number of imide groups is 1. The monoisotopic (exact) mass is 387 g/mol. The minimum absolute atomic E-state index is 0.215. The molecule has 1 saturated heterocycles. The van der Waals surface area contributed by atoms with Gasteiger partial charge in [-0.3, -0.25) is 24.1 Å². The maximum atomic E-state index is 12.5. The number of hydrogen-bond donors (Lipinski definition) is 2. The molecule has 9 heteroatoms. The van der Waals surface area contributed by atoms with E-state index in [1.165, 1.54) is 6.92 Å². The van der Waals surface area contributed by atoms with Gasteiger partial charge in [0, 0.05) is 5.56 Å². The summed E-state index contributed by atoms with van der Waals surface area (Å²) in [5.41, 5.74) is -0.248. The Labute approximate surface area is 161 Å². The van der Waals surface area contributed by atoms with Crippen LogP contribution in [0.2, 0.25) is 0 Å². The highest BCUT2D eigenvalue weighted by molar-refractivity contribution is 6.09. The first-order valence-corrected chi connectivity index (χ1v) is 9.02. The van der Waals surface area contributed by atoms with E-state index >= 15 is 0 Å². The van der Waals surface area contributed by atoms with Gasteiger partial charge < -0.3 is 15.4 Å². The molecule has 3 rings (SSSR count). The van der Waals surface area contributed by atoms with Gasteiger partial charge in [-0.05, 0) is 31.9 Å². The first kappa shape index (κ1) is 19.5. The highest BCUT2D eigenvalue weighted by Gasteiger charge is 2.52. The molecule has 1 aliphatic carbocycles. The van der Waals surface area contributed by atoms with Crippen LogP contribution in [0, 0.1) is 0 Å². The van der Waals surface area contributed by atoms with Gasteiger partial charge in [-0.2, -0.15) is 0 Å². The van der Waals surface area contributed by atoms with Crippen molar-refractivity contribution in [2.75, 3.05) is 18.5 Å². The highest BCUT2D eigenvalue weighted by atomic mass is 16.5. The predicted molar refractivity (Wildman–Crippen MR) is 97.5 cm³/mol. The van der Waals surface area contributed by atoms with Crippen molar-refractivity contribution >= 4 is 35.3 Å². The number of ether oxygens (including phenoxy) is 1. The second-order valence-electron chi connectivity index (χ2n) is 6.92. The molecule has 148 valence electrons. The van der Waals surface area contributed by atoms with Crippen LogP contribution in [0.25, 0.3) is 0 Å². The van der Waals surface area contributed by atoms with E-state index in [1.807, 2.05) is 0 Å². The van der Waals surface area contributed by atoms with Crippen LogP contribution in [0.4, 0.5) is 10.5 Å². The van der Waals surface area contributed by atoms with Crippen LogP contribution in [0.3, 0.4) is 0 Å². The van der Waals surface area contributed by atoms with Crippen molar-refractivity contribution in [3.05, 3.63) is 29.8 Å². The second-order valence-corrected chi connectivity index (χ2v) is 6.92. The van der Waals surface area contributed by atoms with Gasteiger partial charge in [-0.1, -0.05) is 25.0 Å². The van der Waals surface area contributed by atoms with E-state index in [0.29, 0.717) is 24.1 Å². The fraction of sp³-hybridized carbons (Fsp3) is 0.421. The molecule has 0 aromatic heterocycles. The number of rotatable bonds is 6. The van der Waals surface area contributed by atoms with Crippen LogP contribution in [-0.2, 0) is 19.1 Å². The van der Waals surface area contributed by atoms with Crippen molar-refractivity contribution in [2.45, 2.75) is 38.1 Å². The van der Waals surface area contributed by atoms with Crippen LogP contribution >= 0.6 is 0 Å². The molecule has 1 aromatic rings. The standard InChI is InChI=1S/C19H21N3O6/c1-12(23)13-6-2-3-7-14(13)20-15(24)11-28-16(25)10-22-17(26)19(21-18(22)27)8-4-5-9-19/h2-3,6-7H,4-5,8-11H2,1H3,(H,20,24)(H,21,27). The van der Waals surface area contributed by atoms with Gasteiger partial charge in [0.25, 0.3) is 11.8 Å². The molecular weight excluding hydrogens is 366 g/mol. The predicted octanol–water partition coefficient (Wildman–Crippen LogP) is 1.24. The molecule has 9 nitrogen and oxygen atoms in total. The maximum absolute atomic E-state index is 12.5. The number of carbonyl (C=O) groups excluding carboxylic acids is 5. The number of urea groups is 1. The molecule has 2 N–H and O–H groups in total. The molecule has 0 atom stereocenters. The summed E-state index contributed by atoms with van der Waals surface area (Å²) in [7, 11) is 0. The van der Waals surface area contributed by atoms with E-state index in [-0.39, 0.29) is 5.78 Å². The van der Waals surface area contributed by atoms with Crippen molar-refractivity contribution < 1.29 is 28.7 Å². The lowest BCUT2D eigenvalue weighted by Gasteiger charge is -2.19. The molecule has 1 spiro atoms. The number of hydrogen-bond acceptors (Lipinski definition) is 6. The Morgan fingerprint density at radius 3 is 2.54 bits per heavy atom. The van der Waals surface area contributed by atoms with Crippen LogP contribution in [0.1, 0.15) is 43.0 Å². The molecule has 0 radical (unpaired) electrons. The number of carbonyl (C=O) groups is 5. The van der Waals surface area contributed by atoms with Crippen molar-refractivity contribution in [3.8, 4) is 0 Å². The summed E-state index contributed by atoms with van der Waals surface area (Å²) in [4.78, 5) is 60.9. The minimum atomic E-state index is -0.898. The fourth-order valence-corrected chi connectivity index (χ4v) is 3.54. The number of amides is 4. The normalized spacial score (nSPS) is 17.5. The smallest absolute Gasteiger partial charge is 0.326 e. The number of nitrogens with zero attached hydrogens (tertiary/aromatic N) is 1. The average Bonchev–Trinajstić information content (AvgIpc) is 3.21. The Morgan fingerprint density at radius 1 is 1.18 bits per heavy atom. The van der Waals surface area contributed by atoms with Crippen molar-refractivity contribution in [3.63, 3.8) is 0 Å². The first-order valence-electron chi connectivity index (χ1n) is 9.02. The van der Waals surface area contributed by atoms with E-state index in [0.717, 1.165) is 17.7 Å². The molecule has 1 aliphatic heterocycles. The fourth-order valence-electron chi connectivity index (χ4n) is 3.54. The first-order chi connectivity index (χ1) is 13.3. The van der Waals surface area contributed by atoms with Gasteiger partial charge >= 0.3 is 12.0 Å². The minimum Gasteiger partial charge on any atom is -0.454 e. The lowest BCUT2D eigenvalue weighted by atomic mass is 9.98. The number of benzene rings is 1. The summed E-state index contributed by atoms with van der Waals surface area (Å²) in [6.07, 6.45) is 2.79. The zero-order chi connectivity index (χ0) is 20.3. The van der Waals surface area contributed by atoms with E-state index < -0.39 is 42.5 Å². The number of esters is 1. The summed E-state index contributed by atoms with van der Waals surface area (Å²) in [5, 5.41) is 5.17. The number of Topliss-reactive ketones (excluding diaryl/α,β-unsaturated/α-hetero) is 1. The van der Waals surface area contributed by atoms with E-state index in [2.05, 4.69) is 10.6 Å². The Hall–Kier alpha value is -3.23. The Morgan fingerprint density at radius 2 is 1.86 bits per heavy atom. The number of anilines is 1. The van der Waals surface area contributed by atoms with Gasteiger partial charge in [0.2, 0.25) is 0 Å². The summed E-state index contributed by atoms with van der Waals surface area (Å²) in [6.45, 7) is 0.226. The van der Waals surface area contributed by atoms with Crippen LogP contribution < -0.4 is 10.6 Å². The summed E-state index contributed by atoms with van der Waals surface area (Å²) >= 11 is 0. The topological polar surface area (TPSA) is 122 Å². The molecule has 28 heavy (non-hydrogen) atoms. The average molecular weight is 387 g/mol. The Kier molecular flexibility index (Phi) is 5.43. The molecule has 1 heterocycles. The maximum Gasteiger partial charge on any atom is 0.326 e. The third-order valence-electron chi connectivity index (χ3n) is 4.93. The summed E-state index contributed by atoms with van der Waals surface area (Å²) < 4.78 is 4.88. The zero-order valence-electron chi connectivity index (χ0n) is 15.4. The van der Waals surface area contributed by atoms with Gasteiger partial charge in [-0.15, -0.1) is 0 Å². The van der Waals surface area contributed by atoms with Gasteiger partial charge in [0.1, 0.15) is 12.1 Å². The molecule has 0 bridgehead atoms. The molecule has 0 unspecified atom stereocenters. The Bertz CT molecular complexity index is 844. The lowest BCUT2D eigenvalue weighted by Crippen LogP contribution is -2.44. The third kappa shape index (κ3) is 3.88.